The summed E-state index contributed by atoms with van der Waals surface area (Å²) in [6.45, 7) is 1.78. The Kier molecular flexibility index (Phi) is 7.48. The van der Waals surface area contributed by atoms with E-state index in [2.05, 4.69) is 9.88 Å². The van der Waals surface area contributed by atoms with Crippen LogP contribution in [0.2, 0.25) is 5.02 Å². The number of Topliss-reactive ketones (excluding diaryl/α,β-unsaturated/α-hetero) is 2. The molecule has 0 unspecified atom stereocenters. The van der Waals surface area contributed by atoms with Crippen LogP contribution in [0.5, 0.6) is 0 Å². The fraction of sp³-hybridized carbons (Fsp3) is 0.350. The second kappa shape index (κ2) is 9.40. The van der Waals surface area contributed by atoms with Gasteiger partial charge in [0.25, 0.3) is 0 Å². The van der Waals surface area contributed by atoms with E-state index in [0.717, 1.165) is 25.9 Å². The Balaban J connectivity index is 0.00000261. The molecule has 1 aliphatic rings. The first-order valence-corrected chi connectivity index (χ1v) is 8.99. The van der Waals surface area contributed by atoms with Crippen LogP contribution in [-0.4, -0.2) is 41.6 Å². The van der Waals surface area contributed by atoms with Crippen LogP contribution in [0.4, 0.5) is 4.39 Å². The minimum atomic E-state index is -0.652. The number of carbonyl (C=O) groups is 2. The van der Waals surface area contributed by atoms with Crippen LogP contribution in [-0.2, 0) is 6.42 Å². The number of ketones is 2. The van der Waals surface area contributed by atoms with Gasteiger partial charge in [0.05, 0.1) is 17.0 Å². The van der Waals surface area contributed by atoms with Crippen molar-refractivity contribution in [2.45, 2.75) is 19.3 Å². The highest BCUT2D eigenvalue weighted by Gasteiger charge is 2.25. The molecule has 7 heteroatoms. The number of carbonyl (C=O) groups excluding carboxylic acids is 2. The van der Waals surface area contributed by atoms with E-state index in [1.54, 1.807) is 18.2 Å². The lowest BCUT2D eigenvalue weighted by Gasteiger charge is -2.27. The molecule has 3 rings (SSSR count). The summed E-state index contributed by atoms with van der Waals surface area (Å²) in [5.74, 6) is -1.13. The summed E-state index contributed by atoms with van der Waals surface area (Å²) in [5, 5.41) is 0.0774. The first kappa shape index (κ1) is 21.5. The standard InChI is InChI=1S/C20H20ClFN2O2.ClH/c1-24-10-8-13(9-11-24)20(26)17-7-2-4-14(23-17)12-18(25)19-15(21)5-3-6-16(19)22;/h2-7,13H,8-12H2,1H3;1H. The number of nitrogens with zero attached hydrogens (tertiary/aromatic N) is 2. The van der Waals surface area contributed by atoms with Crippen molar-refractivity contribution >= 4 is 35.6 Å². The number of aromatic nitrogens is 1. The van der Waals surface area contributed by atoms with Gasteiger partial charge in [-0.05, 0) is 57.2 Å². The summed E-state index contributed by atoms with van der Waals surface area (Å²) in [4.78, 5) is 31.6. The Labute approximate surface area is 169 Å². The van der Waals surface area contributed by atoms with Crippen molar-refractivity contribution in [3.8, 4) is 0 Å². The normalized spacial score (nSPS) is 15.2. The molecule has 0 radical (unpaired) electrons. The Morgan fingerprint density at radius 1 is 1.19 bits per heavy atom. The molecule has 2 aromatic rings. The molecule has 2 heterocycles. The lowest BCUT2D eigenvalue weighted by molar-refractivity contribution is 0.0850. The monoisotopic (exact) mass is 410 g/mol. The van der Waals surface area contributed by atoms with Crippen molar-refractivity contribution in [1.82, 2.24) is 9.88 Å². The van der Waals surface area contributed by atoms with Crippen molar-refractivity contribution in [2.75, 3.05) is 20.1 Å². The van der Waals surface area contributed by atoms with Crippen molar-refractivity contribution in [3.05, 3.63) is 64.2 Å². The molecule has 0 spiro atoms. The largest absolute Gasteiger partial charge is 0.306 e. The number of piperidine rings is 1. The highest BCUT2D eigenvalue weighted by Crippen LogP contribution is 2.22. The molecule has 1 fully saturated rings. The number of benzene rings is 1. The average molecular weight is 411 g/mol. The van der Waals surface area contributed by atoms with Gasteiger partial charge in [0, 0.05) is 11.6 Å². The molecule has 0 saturated carbocycles. The van der Waals surface area contributed by atoms with Crippen molar-refractivity contribution in [2.24, 2.45) is 5.92 Å². The maximum atomic E-state index is 13.9. The van der Waals surface area contributed by atoms with Gasteiger partial charge in [0.1, 0.15) is 11.5 Å². The van der Waals surface area contributed by atoms with Gasteiger partial charge < -0.3 is 4.90 Å². The molecular weight excluding hydrogens is 390 g/mol. The molecule has 1 aromatic heterocycles. The number of likely N-dealkylation sites (tertiary alicyclic amines) is 1. The van der Waals surface area contributed by atoms with E-state index in [-0.39, 0.29) is 41.1 Å². The first-order valence-electron chi connectivity index (χ1n) is 8.61. The van der Waals surface area contributed by atoms with Gasteiger partial charge in [-0.2, -0.15) is 0 Å². The topological polar surface area (TPSA) is 50.3 Å². The second-order valence-corrected chi connectivity index (χ2v) is 7.06. The molecule has 4 nitrogen and oxygen atoms in total. The maximum absolute atomic E-state index is 13.9. The summed E-state index contributed by atoms with van der Waals surface area (Å²) in [5.41, 5.74) is 0.667. The van der Waals surface area contributed by atoms with Gasteiger partial charge >= 0.3 is 0 Å². The van der Waals surface area contributed by atoms with Gasteiger partial charge in [-0.3, -0.25) is 9.59 Å². The molecule has 1 aliphatic heterocycles. The third-order valence-corrected chi connectivity index (χ3v) is 5.05. The van der Waals surface area contributed by atoms with Gasteiger partial charge in [0.2, 0.25) is 0 Å². The predicted molar refractivity (Wildman–Crippen MR) is 105 cm³/mol. The third kappa shape index (κ3) is 5.12. The first-order chi connectivity index (χ1) is 12.5. The summed E-state index contributed by atoms with van der Waals surface area (Å²) in [6, 6.07) is 9.18. The van der Waals surface area contributed by atoms with Crippen LogP contribution < -0.4 is 0 Å². The summed E-state index contributed by atoms with van der Waals surface area (Å²) in [6.07, 6.45) is 1.52. The smallest absolute Gasteiger partial charge is 0.184 e. The highest BCUT2D eigenvalue weighted by molar-refractivity contribution is 6.34. The van der Waals surface area contributed by atoms with Crippen LogP contribution in [0.3, 0.4) is 0 Å². The molecule has 0 N–H and O–H groups in total. The number of pyridine rings is 1. The van der Waals surface area contributed by atoms with E-state index in [4.69, 9.17) is 11.6 Å². The fourth-order valence-electron chi connectivity index (χ4n) is 3.21. The maximum Gasteiger partial charge on any atom is 0.184 e. The molecule has 0 amide bonds. The lowest BCUT2D eigenvalue weighted by Crippen LogP contribution is -2.33. The number of hydrogen-bond acceptors (Lipinski definition) is 4. The van der Waals surface area contributed by atoms with E-state index in [9.17, 15) is 14.0 Å². The van der Waals surface area contributed by atoms with Crippen molar-refractivity contribution < 1.29 is 14.0 Å². The van der Waals surface area contributed by atoms with Crippen LogP contribution in [0.1, 0.15) is 39.4 Å². The Morgan fingerprint density at radius 3 is 2.52 bits per heavy atom. The minimum Gasteiger partial charge on any atom is -0.306 e. The zero-order valence-corrected chi connectivity index (χ0v) is 16.5. The van der Waals surface area contributed by atoms with Gasteiger partial charge in [-0.1, -0.05) is 23.7 Å². The van der Waals surface area contributed by atoms with Crippen molar-refractivity contribution in [3.63, 3.8) is 0 Å². The zero-order valence-electron chi connectivity index (χ0n) is 15.0. The molecule has 0 atom stereocenters. The Bertz CT molecular complexity index is 816. The van der Waals surface area contributed by atoms with E-state index < -0.39 is 11.6 Å². The Morgan fingerprint density at radius 2 is 1.85 bits per heavy atom. The van der Waals surface area contributed by atoms with Gasteiger partial charge in [-0.25, -0.2) is 9.37 Å². The summed E-state index contributed by atoms with van der Waals surface area (Å²) < 4.78 is 13.9. The van der Waals surface area contributed by atoms with Gasteiger partial charge in [-0.15, -0.1) is 12.4 Å². The Hall–Kier alpha value is -1.82. The van der Waals surface area contributed by atoms with Crippen LogP contribution in [0.15, 0.2) is 36.4 Å². The van der Waals surface area contributed by atoms with Crippen LogP contribution in [0.25, 0.3) is 0 Å². The summed E-state index contributed by atoms with van der Waals surface area (Å²) in [7, 11) is 2.04. The molecule has 144 valence electrons. The SMILES string of the molecule is CN1CCC(C(=O)c2cccc(CC(=O)c3c(F)cccc3Cl)n2)CC1.Cl. The average Bonchev–Trinajstić information content (AvgIpc) is 2.62. The molecule has 1 saturated heterocycles. The predicted octanol–water partition coefficient (Wildman–Crippen LogP) is 4.25. The zero-order chi connectivity index (χ0) is 18.7. The molecule has 27 heavy (non-hydrogen) atoms. The highest BCUT2D eigenvalue weighted by atomic mass is 35.5. The van der Waals surface area contributed by atoms with E-state index >= 15 is 0 Å². The van der Waals surface area contributed by atoms with Gasteiger partial charge in [0.15, 0.2) is 11.6 Å². The second-order valence-electron chi connectivity index (χ2n) is 6.65. The fourth-order valence-corrected chi connectivity index (χ4v) is 3.48. The lowest BCUT2D eigenvalue weighted by atomic mass is 9.91. The number of hydrogen-bond donors (Lipinski definition) is 0. The minimum absolute atomic E-state index is 0. The van der Waals surface area contributed by atoms with E-state index in [0.29, 0.717) is 11.4 Å². The number of halogens is 3. The van der Waals surface area contributed by atoms with E-state index in [1.807, 2.05) is 7.05 Å². The molecule has 0 aliphatic carbocycles. The third-order valence-electron chi connectivity index (χ3n) is 4.73. The van der Waals surface area contributed by atoms with Crippen LogP contribution >= 0.6 is 24.0 Å². The molecular formula is C20H21Cl2FN2O2. The van der Waals surface area contributed by atoms with E-state index in [1.165, 1.54) is 18.2 Å². The van der Waals surface area contributed by atoms with Crippen LogP contribution in [0, 0.1) is 11.7 Å². The number of rotatable bonds is 5. The quantitative estimate of drug-likeness (QED) is 0.691. The molecule has 1 aromatic carbocycles. The molecule has 0 bridgehead atoms. The van der Waals surface area contributed by atoms with Crippen molar-refractivity contribution in [1.29, 1.82) is 0 Å². The summed E-state index contributed by atoms with van der Waals surface area (Å²) >= 11 is 5.95.